The normalized spacial score (nSPS) is 42.4. The number of hydrogen-bond acceptors (Lipinski definition) is 8. The maximum Gasteiger partial charge on any atom is 0.303 e. The lowest BCUT2D eigenvalue weighted by Crippen LogP contribution is -2.65. The van der Waals surface area contributed by atoms with Crippen molar-refractivity contribution < 1.29 is 34.1 Å². The fourth-order valence-corrected chi connectivity index (χ4v) is 9.48. The van der Waals surface area contributed by atoms with E-state index in [0.717, 1.165) is 5.57 Å². The third kappa shape index (κ3) is 4.11. The summed E-state index contributed by atoms with van der Waals surface area (Å²) in [5.74, 6) is -2.35. The Morgan fingerprint density at radius 3 is 2.27 bits per heavy atom. The number of carbonyl (C=O) groups is 4. The molecule has 0 bridgehead atoms. The first-order valence-electron chi connectivity index (χ1n) is 14.4. The van der Waals surface area contributed by atoms with Crippen LogP contribution in [0.5, 0.6) is 0 Å². The molecule has 3 saturated carbocycles. The quantitative estimate of drug-likeness (QED) is 0.265. The van der Waals surface area contributed by atoms with Crippen molar-refractivity contribution in [1.82, 2.24) is 0 Å². The van der Waals surface area contributed by atoms with E-state index in [9.17, 15) is 29.4 Å². The van der Waals surface area contributed by atoms with Crippen molar-refractivity contribution in [2.24, 2.45) is 45.1 Å². The van der Waals surface area contributed by atoms with Crippen molar-refractivity contribution >= 4 is 23.3 Å². The molecule has 0 radical (unpaired) electrons. The summed E-state index contributed by atoms with van der Waals surface area (Å²) in [6.07, 6.45) is 5.14. The first-order valence-corrected chi connectivity index (χ1v) is 14.4. The topological polar surface area (TPSA) is 144 Å². The van der Waals surface area contributed by atoms with Crippen LogP contribution in [0, 0.1) is 39.4 Å². The fourth-order valence-electron chi connectivity index (χ4n) is 9.48. The molecule has 0 heterocycles. The van der Waals surface area contributed by atoms with Gasteiger partial charge in [-0.15, -0.1) is 0 Å². The monoisotopic (exact) mass is 557 g/mol. The van der Waals surface area contributed by atoms with Crippen LogP contribution in [-0.4, -0.2) is 56.9 Å². The molecule has 8 nitrogen and oxygen atoms in total. The summed E-state index contributed by atoms with van der Waals surface area (Å²) in [4.78, 5) is 52.2. The van der Waals surface area contributed by atoms with Gasteiger partial charge < -0.3 is 20.7 Å². The summed E-state index contributed by atoms with van der Waals surface area (Å²) in [6.45, 7) is 15.8. The van der Waals surface area contributed by atoms with E-state index in [-0.39, 0.29) is 29.8 Å². The number of rotatable bonds is 5. The van der Waals surface area contributed by atoms with Crippen LogP contribution in [0.15, 0.2) is 23.8 Å². The number of aliphatic hydroxyl groups is 2. The highest BCUT2D eigenvalue weighted by Gasteiger charge is 2.74. The number of nitrogens with two attached hydrogens (primary N) is 1. The van der Waals surface area contributed by atoms with E-state index >= 15 is 0 Å². The highest BCUT2D eigenvalue weighted by atomic mass is 16.6. The van der Waals surface area contributed by atoms with Gasteiger partial charge in [-0.05, 0) is 88.7 Å². The molecule has 40 heavy (non-hydrogen) atoms. The van der Waals surface area contributed by atoms with Gasteiger partial charge in [0.2, 0.25) is 0 Å². The average Bonchev–Trinajstić information content (AvgIpc) is 3.01. The van der Waals surface area contributed by atoms with Crippen LogP contribution in [0.1, 0.15) is 88.0 Å². The van der Waals surface area contributed by atoms with Crippen LogP contribution < -0.4 is 5.73 Å². The van der Waals surface area contributed by atoms with E-state index < -0.39 is 62.7 Å². The molecular formula is C32H47NO7. The Hall–Kier alpha value is -2.16. The second-order valence-electron chi connectivity index (χ2n) is 14.8. The first kappa shape index (κ1) is 30.8. The largest absolute Gasteiger partial charge is 0.456 e. The maximum atomic E-state index is 14.3. The number of hydrogen-bond donors (Lipinski definition) is 3. The first-order chi connectivity index (χ1) is 18.1. The van der Waals surface area contributed by atoms with Crippen LogP contribution in [0.2, 0.25) is 0 Å². The van der Waals surface area contributed by atoms with Crippen molar-refractivity contribution in [2.45, 2.75) is 111 Å². The van der Waals surface area contributed by atoms with Gasteiger partial charge in [0.15, 0.2) is 11.6 Å². The zero-order valence-electron chi connectivity index (χ0n) is 25.5. The Balaban J connectivity index is 1.75. The number of esters is 1. The molecule has 4 aliphatic rings. The molecule has 4 aliphatic carbocycles. The van der Waals surface area contributed by atoms with Crippen LogP contribution in [0.3, 0.4) is 0 Å². The molecule has 3 fully saturated rings. The van der Waals surface area contributed by atoms with Crippen LogP contribution >= 0.6 is 0 Å². The highest BCUT2D eigenvalue weighted by Crippen LogP contribution is 2.74. The van der Waals surface area contributed by atoms with Crippen molar-refractivity contribution in [3.8, 4) is 0 Å². The van der Waals surface area contributed by atoms with Gasteiger partial charge in [-0.2, -0.15) is 0 Å². The lowest BCUT2D eigenvalue weighted by Gasteiger charge is -2.64. The zero-order valence-corrected chi connectivity index (χ0v) is 25.5. The van der Waals surface area contributed by atoms with Crippen molar-refractivity contribution in [3.63, 3.8) is 0 Å². The van der Waals surface area contributed by atoms with Crippen molar-refractivity contribution in [2.75, 3.05) is 0 Å². The molecule has 4 rings (SSSR count). The van der Waals surface area contributed by atoms with E-state index in [2.05, 4.69) is 13.0 Å². The molecule has 4 N–H and O–H groups in total. The second kappa shape index (κ2) is 9.17. The zero-order chi connectivity index (χ0) is 30.4. The molecule has 0 aliphatic heterocycles. The van der Waals surface area contributed by atoms with Gasteiger partial charge in [-0.1, -0.05) is 32.4 Å². The molecule has 0 saturated heterocycles. The average molecular weight is 558 g/mol. The molecule has 0 unspecified atom stereocenters. The van der Waals surface area contributed by atoms with Crippen LogP contribution in [-0.2, 0) is 23.9 Å². The van der Waals surface area contributed by atoms with E-state index in [1.165, 1.54) is 26.0 Å². The number of aliphatic hydroxyl groups excluding tert-OH is 1. The molecule has 0 aromatic rings. The summed E-state index contributed by atoms with van der Waals surface area (Å²) in [5.41, 5.74) is 1.30. The summed E-state index contributed by atoms with van der Waals surface area (Å²) >= 11 is 0. The van der Waals surface area contributed by atoms with Gasteiger partial charge in [0.05, 0.1) is 12.1 Å². The van der Waals surface area contributed by atoms with Gasteiger partial charge in [0.25, 0.3) is 0 Å². The van der Waals surface area contributed by atoms with Gasteiger partial charge in [-0.25, -0.2) is 0 Å². The van der Waals surface area contributed by atoms with Gasteiger partial charge in [-0.3, -0.25) is 19.2 Å². The predicted molar refractivity (Wildman–Crippen MR) is 150 cm³/mol. The van der Waals surface area contributed by atoms with E-state index in [1.807, 2.05) is 27.7 Å². The molecule has 0 aromatic carbocycles. The third-order valence-electron chi connectivity index (χ3n) is 11.6. The number of carbonyl (C=O) groups excluding carboxylic acids is 4. The summed E-state index contributed by atoms with van der Waals surface area (Å²) < 4.78 is 5.24. The molecular weight excluding hydrogens is 510 g/mol. The van der Waals surface area contributed by atoms with Crippen LogP contribution in [0.25, 0.3) is 0 Å². The Labute approximate surface area is 237 Å². The number of Topliss-reactive ketones (excluding diaryl/α,β-unsaturated/α-hetero) is 2. The summed E-state index contributed by atoms with van der Waals surface area (Å²) in [7, 11) is 0. The number of fused-ring (bicyclic) bond motifs is 5. The molecule has 8 heteroatoms. The predicted octanol–water partition coefficient (Wildman–Crippen LogP) is 3.47. The van der Waals surface area contributed by atoms with Crippen LogP contribution in [0.4, 0.5) is 0 Å². The smallest absolute Gasteiger partial charge is 0.303 e. The fraction of sp³-hybridized carbons (Fsp3) is 0.750. The van der Waals surface area contributed by atoms with Gasteiger partial charge in [0.1, 0.15) is 17.0 Å². The van der Waals surface area contributed by atoms with Crippen molar-refractivity contribution in [1.29, 1.82) is 0 Å². The van der Waals surface area contributed by atoms with Gasteiger partial charge in [0, 0.05) is 30.1 Å². The van der Waals surface area contributed by atoms with E-state index in [1.54, 1.807) is 13.8 Å². The van der Waals surface area contributed by atoms with E-state index in [4.69, 9.17) is 10.5 Å². The summed E-state index contributed by atoms with van der Waals surface area (Å²) in [6, 6.07) is -0.648. The number of ether oxygens (including phenoxy) is 1. The lowest BCUT2D eigenvalue weighted by atomic mass is 9.38. The maximum absolute atomic E-state index is 14.3. The third-order valence-corrected chi connectivity index (χ3v) is 11.6. The standard InChI is InChI=1S/C32H47NO7/c1-17(34)40-27(2,3)13-12-23(36)32(9,39)25-21(35)15-29(6)22-11-10-18-19(14-20(33)26(38)28(18,4)5)31(22,8)24(37)16-30(25,29)7/h10,12-13,19-22,25,35,39H,11,14-16,33H2,1-9H3/b13-12+/t19-,20+,21-,22+,25+,29+,30-,31+,32+/m1/s1. The SMILES string of the molecule is CC(=O)OC(C)(C)/C=C/C(=O)[C@](C)(O)[C@H]1[C@H](O)C[C@@]2(C)[C@@H]3CC=C4[C@@H](C[C@H](N)C(=O)C4(C)C)[C@]3(C)C(=O)C[C@]12C. The Morgan fingerprint density at radius 2 is 1.70 bits per heavy atom. The second-order valence-corrected chi connectivity index (χ2v) is 14.8. The molecule has 0 spiro atoms. The summed E-state index contributed by atoms with van der Waals surface area (Å²) in [5, 5.41) is 23.3. The van der Waals surface area contributed by atoms with Crippen molar-refractivity contribution in [3.05, 3.63) is 23.8 Å². The number of allylic oxidation sites excluding steroid dienone is 2. The Bertz CT molecular complexity index is 1210. The molecule has 0 amide bonds. The minimum Gasteiger partial charge on any atom is -0.456 e. The Morgan fingerprint density at radius 1 is 1.10 bits per heavy atom. The molecule has 222 valence electrons. The highest BCUT2D eigenvalue weighted by molar-refractivity contribution is 5.98. The minimum atomic E-state index is -1.97. The lowest BCUT2D eigenvalue weighted by molar-refractivity contribution is -0.182. The number of ketones is 3. The minimum absolute atomic E-state index is 0.00722. The van der Waals surface area contributed by atoms with E-state index in [0.29, 0.717) is 19.3 Å². The Kier molecular flexibility index (Phi) is 7.06. The van der Waals surface area contributed by atoms with Gasteiger partial charge >= 0.3 is 5.97 Å². The molecule has 0 aromatic heterocycles. The molecule has 9 atom stereocenters.